The number of benzene rings is 3. The van der Waals surface area contributed by atoms with Crippen LogP contribution in [0.2, 0.25) is 0 Å². The van der Waals surface area contributed by atoms with Crippen LogP contribution in [0.5, 0.6) is 17.2 Å². The van der Waals surface area contributed by atoms with Crippen molar-refractivity contribution in [2.75, 3.05) is 0 Å². The minimum atomic E-state index is -4.74. The summed E-state index contributed by atoms with van der Waals surface area (Å²) in [6, 6.07) is 15.7. The van der Waals surface area contributed by atoms with Crippen molar-refractivity contribution >= 4 is 20.2 Å². The van der Waals surface area contributed by atoms with Crippen LogP contribution < -0.4 is 9.47 Å². The lowest BCUT2D eigenvalue weighted by molar-refractivity contribution is 0.0739. The summed E-state index contributed by atoms with van der Waals surface area (Å²) in [5.41, 5.74) is 0.307. The van der Waals surface area contributed by atoms with Gasteiger partial charge in [-0.3, -0.25) is 9.11 Å². The highest BCUT2D eigenvalue weighted by Gasteiger charge is 2.31. The molecule has 8 nitrogen and oxygen atoms in total. The van der Waals surface area contributed by atoms with Crippen LogP contribution in [0.1, 0.15) is 85.6 Å². The molecule has 0 fully saturated rings. The van der Waals surface area contributed by atoms with Crippen molar-refractivity contribution in [3.63, 3.8) is 0 Å². The maximum absolute atomic E-state index is 12.4. The van der Waals surface area contributed by atoms with Crippen molar-refractivity contribution in [1.29, 1.82) is 0 Å². The summed E-state index contributed by atoms with van der Waals surface area (Å²) in [5, 5.41) is 0. The third-order valence-electron chi connectivity index (χ3n) is 7.97. The summed E-state index contributed by atoms with van der Waals surface area (Å²) in [5.74, 6) is 0.765. The van der Waals surface area contributed by atoms with Crippen LogP contribution in [-0.2, 0) is 25.7 Å². The fourth-order valence-electron chi connectivity index (χ4n) is 5.28. The minimum Gasteiger partial charge on any atom is -0.487 e. The molecule has 3 aromatic rings. The lowest BCUT2D eigenvalue weighted by atomic mass is 9.76. The van der Waals surface area contributed by atoms with Crippen LogP contribution in [0.25, 0.3) is 11.1 Å². The second-order valence-electron chi connectivity index (χ2n) is 11.2. The number of rotatable bonds is 14. The minimum absolute atomic E-state index is 0.113. The molecule has 0 aliphatic heterocycles. The molecule has 0 amide bonds. The SMILES string of the molecule is CCCC(C)(CC)Oc1cccc(Oc2ccc(-c3ccc(C(C)(CC)CCC)c(S(=O)(=O)O)c3)cc2S(=O)(=O)O)c1. The van der Waals surface area contributed by atoms with Crippen LogP contribution in [-0.4, -0.2) is 31.5 Å². The van der Waals surface area contributed by atoms with Gasteiger partial charge in [0.15, 0.2) is 0 Å². The molecule has 0 spiro atoms. The zero-order chi connectivity index (χ0) is 31.3. The van der Waals surface area contributed by atoms with Crippen LogP contribution in [0.3, 0.4) is 0 Å². The molecule has 0 aromatic heterocycles. The Morgan fingerprint density at radius 3 is 1.81 bits per heavy atom. The topological polar surface area (TPSA) is 127 Å². The number of hydrogen-bond acceptors (Lipinski definition) is 6. The van der Waals surface area contributed by atoms with E-state index < -0.39 is 30.5 Å². The maximum atomic E-state index is 12.4. The summed E-state index contributed by atoms with van der Waals surface area (Å²) in [6.45, 7) is 12.1. The van der Waals surface area contributed by atoms with E-state index in [4.69, 9.17) is 9.47 Å². The Hall–Kier alpha value is -2.92. The van der Waals surface area contributed by atoms with Gasteiger partial charge < -0.3 is 9.47 Å². The van der Waals surface area contributed by atoms with Crippen molar-refractivity contribution in [1.82, 2.24) is 0 Å². The van der Waals surface area contributed by atoms with E-state index in [-0.39, 0.29) is 16.2 Å². The normalized spacial score (nSPS) is 15.0. The van der Waals surface area contributed by atoms with Crippen LogP contribution in [0, 0.1) is 0 Å². The second kappa shape index (κ2) is 13.2. The molecule has 0 aliphatic carbocycles. The zero-order valence-corrected chi connectivity index (χ0v) is 26.8. The van der Waals surface area contributed by atoms with Crippen molar-refractivity contribution in [3.05, 3.63) is 66.2 Å². The third kappa shape index (κ3) is 7.92. The van der Waals surface area contributed by atoms with Crippen LogP contribution in [0.4, 0.5) is 0 Å². The molecule has 2 atom stereocenters. The van der Waals surface area contributed by atoms with Gasteiger partial charge in [-0.25, -0.2) is 0 Å². The van der Waals surface area contributed by atoms with Crippen molar-refractivity contribution < 1.29 is 35.4 Å². The highest BCUT2D eigenvalue weighted by Crippen LogP contribution is 2.40. The molecule has 0 radical (unpaired) electrons. The fraction of sp³-hybridized carbons (Fsp3) is 0.438. The quantitative estimate of drug-likeness (QED) is 0.172. The Balaban J connectivity index is 2.06. The molecule has 0 saturated carbocycles. The van der Waals surface area contributed by atoms with E-state index in [1.807, 2.05) is 27.7 Å². The highest BCUT2D eigenvalue weighted by molar-refractivity contribution is 7.86. The number of hydrogen-bond donors (Lipinski definition) is 2. The fourth-order valence-corrected chi connectivity index (χ4v) is 6.79. The molecule has 0 saturated heterocycles. The van der Waals surface area contributed by atoms with Gasteiger partial charge in [-0.15, -0.1) is 0 Å². The molecule has 0 aliphatic rings. The first-order valence-electron chi connectivity index (χ1n) is 14.3. The molecule has 0 heterocycles. The summed E-state index contributed by atoms with van der Waals surface area (Å²) < 4.78 is 82.1. The van der Waals surface area contributed by atoms with Gasteiger partial charge in [0.25, 0.3) is 20.2 Å². The summed E-state index contributed by atoms with van der Waals surface area (Å²) in [7, 11) is -9.33. The predicted octanol–water partition coefficient (Wildman–Crippen LogP) is 8.45. The molecule has 230 valence electrons. The van der Waals surface area contributed by atoms with Crippen molar-refractivity contribution in [2.45, 2.75) is 101 Å². The molecule has 10 heteroatoms. The molecule has 2 N–H and O–H groups in total. The monoisotopic (exact) mass is 618 g/mol. The van der Waals surface area contributed by atoms with Gasteiger partial charge in [-0.2, -0.15) is 16.8 Å². The summed E-state index contributed by atoms with van der Waals surface area (Å²) in [4.78, 5) is -0.719. The summed E-state index contributed by atoms with van der Waals surface area (Å²) in [6.07, 6.45) is 4.81. The Bertz CT molecular complexity index is 1620. The van der Waals surface area contributed by atoms with E-state index in [0.717, 1.165) is 25.7 Å². The molecular weight excluding hydrogens is 576 g/mol. The first kappa shape index (κ1) is 33.6. The molecule has 42 heavy (non-hydrogen) atoms. The number of ether oxygens (including phenoxy) is 2. The van der Waals surface area contributed by atoms with E-state index in [1.54, 1.807) is 42.5 Å². The van der Waals surface area contributed by atoms with Gasteiger partial charge in [0.05, 0.1) is 4.90 Å². The van der Waals surface area contributed by atoms with Gasteiger partial charge in [0, 0.05) is 6.07 Å². The first-order chi connectivity index (χ1) is 19.6. The third-order valence-corrected chi connectivity index (χ3v) is 9.74. The molecular formula is C32H42O8S2. The predicted molar refractivity (Wildman–Crippen MR) is 165 cm³/mol. The Kier molecular flexibility index (Phi) is 10.5. The van der Waals surface area contributed by atoms with E-state index in [9.17, 15) is 25.9 Å². The van der Waals surface area contributed by atoms with E-state index >= 15 is 0 Å². The molecule has 2 unspecified atom stereocenters. The first-order valence-corrected chi connectivity index (χ1v) is 17.2. The Morgan fingerprint density at radius 2 is 1.26 bits per heavy atom. The van der Waals surface area contributed by atoms with Crippen molar-refractivity contribution in [3.8, 4) is 28.4 Å². The van der Waals surface area contributed by atoms with Gasteiger partial charge in [0.2, 0.25) is 0 Å². The highest BCUT2D eigenvalue weighted by atomic mass is 32.2. The largest absolute Gasteiger partial charge is 0.487 e. The van der Waals surface area contributed by atoms with Gasteiger partial charge in [-0.1, -0.05) is 71.7 Å². The Labute approximate surface area is 250 Å². The average Bonchev–Trinajstić information content (AvgIpc) is 2.92. The van der Waals surface area contributed by atoms with Crippen molar-refractivity contribution in [2.24, 2.45) is 0 Å². The lowest BCUT2D eigenvalue weighted by Gasteiger charge is -2.30. The van der Waals surface area contributed by atoms with Crippen LogP contribution >= 0.6 is 0 Å². The molecule has 0 bridgehead atoms. The maximum Gasteiger partial charge on any atom is 0.298 e. The van der Waals surface area contributed by atoms with E-state index in [2.05, 4.69) is 13.8 Å². The standard InChI is InChI=1S/C32H42O8S2/c1-7-18-31(5,9-3)27-16-14-23(20-29(27)41(33,34)35)24-15-17-28(30(21-24)42(36,37)38)39-25-12-11-13-26(22-25)40-32(6,10-4)19-8-2/h11-17,20-22H,7-10,18-19H2,1-6H3,(H,33,34,35)(H,36,37,38). The molecule has 3 aromatic carbocycles. The molecule has 3 rings (SSSR count). The lowest BCUT2D eigenvalue weighted by Crippen LogP contribution is -2.31. The zero-order valence-electron chi connectivity index (χ0n) is 25.2. The van der Waals surface area contributed by atoms with E-state index in [1.165, 1.54) is 18.2 Å². The van der Waals surface area contributed by atoms with E-state index in [0.29, 0.717) is 41.0 Å². The van der Waals surface area contributed by atoms with Gasteiger partial charge >= 0.3 is 0 Å². The summed E-state index contributed by atoms with van der Waals surface area (Å²) >= 11 is 0. The van der Waals surface area contributed by atoms with Gasteiger partial charge in [-0.05, 0) is 85.0 Å². The second-order valence-corrected chi connectivity index (χ2v) is 14.0. The van der Waals surface area contributed by atoms with Crippen LogP contribution in [0.15, 0.2) is 70.5 Å². The van der Waals surface area contributed by atoms with Gasteiger partial charge in [0.1, 0.15) is 27.7 Å². The smallest absolute Gasteiger partial charge is 0.298 e. The Morgan fingerprint density at radius 1 is 0.690 bits per heavy atom. The average molecular weight is 619 g/mol.